The van der Waals surface area contributed by atoms with Gasteiger partial charge in [0.25, 0.3) is 0 Å². The number of benzene rings is 1. The lowest BCUT2D eigenvalue weighted by atomic mass is 10.3. The fourth-order valence-corrected chi connectivity index (χ4v) is 2.01. The number of hydrogen-bond donors (Lipinski definition) is 1. The number of halogens is 7. The molecule has 164 valence electrons. The normalized spacial score (nSPS) is 11.7. The van der Waals surface area contributed by atoms with Crippen molar-refractivity contribution in [3.63, 3.8) is 0 Å². The fraction of sp³-hybridized carbons (Fsp3) is 0.312. The van der Waals surface area contributed by atoms with Crippen LogP contribution in [0.25, 0.3) is 0 Å². The molecule has 14 heteroatoms. The molecule has 1 aromatic heterocycles. The lowest BCUT2D eigenvalue weighted by molar-refractivity contribution is -0.154. The van der Waals surface area contributed by atoms with Crippen LogP contribution in [0.5, 0.6) is 11.8 Å². The summed E-state index contributed by atoms with van der Waals surface area (Å²) in [6, 6.07) is 5.81. The molecule has 7 nitrogen and oxygen atoms in total. The van der Waals surface area contributed by atoms with Crippen molar-refractivity contribution in [3.8, 4) is 11.8 Å². The van der Waals surface area contributed by atoms with E-state index in [2.05, 4.69) is 24.8 Å². The number of amides is 2. The fourth-order valence-electron chi connectivity index (χ4n) is 1.88. The minimum atomic E-state index is -4.73. The number of rotatable bonds is 6. The highest BCUT2D eigenvalue weighted by molar-refractivity contribution is 6.30. The van der Waals surface area contributed by atoms with Crippen LogP contribution in [0, 0.1) is 0 Å². The van der Waals surface area contributed by atoms with Gasteiger partial charge in [0.1, 0.15) is 0 Å². The van der Waals surface area contributed by atoms with Gasteiger partial charge < -0.3 is 9.47 Å². The van der Waals surface area contributed by atoms with Gasteiger partial charge in [0.15, 0.2) is 13.2 Å². The Bertz CT molecular complexity index is 841. The molecule has 2 aromatic rings. The van der Waals surface area contributed by atoms with E-state index in [4.69, 9.17) is 11.6 Å². The Kier molecular flexibility index (Phi) is 7.18. The number of carbonyl (C=O) groups is 1. The summed E-state index contributed by atoms with van der Waals surface area (Å²) in [7, 11) is 1.35. The molecular weight excluding hydrogens is 446 g/mol. The van der Waals surface area contributed by atoms with Gasteiger partial charge in [-0.3, -0.25) is 10.2 Å². The van der Waals surface area contributed by atoms with Crippen molar-refractivity contribution in [1.82, 2.24) is 9.97 Å². The SMILES string of the molecule is CN(C(=O)Nc1nc(OCC(F)(F)F)cc(OCC(F)(F)F)n1)c1ccc(Cl)cc1. The van der Waals surface area contributed by atoms with Gasteiger partial charge in [-0.05, 0) is 24.3 Å². The molecule has 0 aliphatic heterocycles. The van der Waals surface area contributed by atoms with Gasteiger partial charge in [-0.25, -0.2) is 4.79 Å². The number of hydrogen-bond acceptors (Lipinski definition) is 5. The van der Waals surface area contributed by atoms with E-state index in [9.17, 15) is 31.1 Å². The number of carbonyl (C=O) groups excluding carboxylic acids is 1. The molecular formula is C16H13ClF6N4O3. The maximum absolute atomic E-state index is 12.3. The van der Waals surface area contributed by atoms with Crippen LogP contribution < -0.4 is 19.7 Å². The van der Waals surface area contributed by atoms with Crippen LogP contribution in [0.2, 0.25) is 5.02 Å². The van der Waals surface area contributed by atoms with Crippen molar-refractivity contribution in [2.45, 2.75) is 12.4 Å². The number of anilines is 2. The van der Waals surface area contributed by atoms with Gasteiger partial charge in [0, 0.05) is 17.8 Å². The van der Waals surface area contributed by atoms with E-state index in [1.54, 1.807) is 0 Å². The first-order chi connectivity index (χ1) is 13.8. The third-order valence-electron chi connectivity index (χ3n) is 3.18. The minimum absolute atomic E-state index is 0.384. The molecule has 0 bridgehead atoms. The van der Waals surface area contributed by atoms with Gasteiger partial charge in [-0.1, -0.05) is 11.6 Å². The summed E-state index contributed by atoms with van der Waals surface area (Å²) >= 11 is 5.76. The van der Waals surface area contributed by atoms with Gasteiger partial charge in [0.05, 0.1) is 6.07 Å². The summed E-state index contributed by atoms with van der Waals surface area (Å²) in [5, 5.41) is 2.55. The first kappa shape index (κ1) is 23.3. The highest BCUT2D eigenvalue weighted by Gasteiger charge is 2.30. The molecule has 0 saturated carbocycles. The van der Waals surface area contributed by atoms with Gasteiger partial charge in [-0.15, -0.1) is 0 Å². The quantitative estimate of drug-likeness (QED) is 0.636. The largest absolute Gasteiger partial charge is 0.468 e. The Morgan fingerprint density at radius 2 is 1.47 bits per heavy atom. The van der Waals surface area contributed by atoms with Crippen LogP contribution >= 0.6 is 11.6 Å². The number of ether oxygens (including phenoxy) is 2. The molecule has 1 N–H and O–H groups in total. The first-order valence-corrected chi connectivity index (χ1v) is 8.29. The first-order valence-electron chi connectivity index (χ1n) is 7.91. The highest BCUT2D eigenvalue weighted by atomic mass is 35.5. The van der Waals surface area contributed by atoms with Crippen molar-refractivity contribution >= 4 is 29.3 Å². The van der Waals surface area contributed by atoms with Crippen LogP contribution in [0.15, 0.2) is 30.3 Å². The number of aromatic nitrogens is 2. The summed E-state index contributed by atoms with van der Waals surface area (Å²) in [5.41, 5.74) is 0.384. The second-order valence-electron chi connectivity index (χ2n) is 5.64. The molecule has 1 heterocycles. The lowest BCUT2D eigenvalue weighted by Crippen LogP contribution is -2.32. The number of nitrogens with zero attached hydrogens (tertiary/aromatic N) is 3. The van der Waals surface area contributed by atoms with Crippen molar-refractivity contribution in [2.75, 3.05) is 30.5 Å². The number of alkyl halides is 6. The molecule has 30 heavy (non-hydrogen) atoms. The molecule has 1 aromatic carbocycles. The number of nitrogens with one attached hydrogen (secondary N) is 1. The van der Waals surface area contributed by atoms with Crippen molar-refractivity contribution in [3.05, 3.63) is 35.4 Å². The molecule has 0 aliphatic carbocycles. The van der Waals surface area contributed by atoms with E-state index in [1.165, 1.54) is 31.3 Å². The second-order valence-corrected chi connectivity index (χ2v) is 6.08. The maximum atomic E-state index is 12.3. The zero-order valence-corrected chi connectivity index (χ0v) is 15.8. The van der Waals surface area contributed by atoms with Gasteiger partial charge >= 0.3 is 18.4 Å². The lowest BCUT2D eigenvalue weighted by Gasteiger charge is -2.18. The zero-order valence-electron chi connectivity index (χ0n) is 15.0. The monoisotopic (exact) mass is 458 g/mol. The van der Waals surface area contributed by atoms with Crippen molar-refractivity contribution in [1.29, 1.82) is 0 Å². The van der Waals surface area contributed by atoms with Crippen LogP contribution in [-0.4, -0.2) is 48.6 Å². The van der Waals surface area contributed by atoms with E-state index in [0.717, 1.165) is 4.90 Å². The van der Waals surface area contributed by atoms with E-state index in [0.29, 0.717) is 16.8 Å². The van der Waals surface area contributed by atoms with Crippen LogP contribution in [-0.2, 0) is 0 Å². The zero-order chi connectivity index (χ0) is 22.5. The molecule has 2 amide bonds. The minimum Gasteiger partial charge on any atom is -0.468 e. The summed E-state index contributed by atoms with van der Waals surface area (Å²) < 4.78 is 82.9. The molecule has 0 unspecified atom stereocenters. The van der Waals surface area contributed by atoms with Crippen LogP contribution in [0.3, 0.4) is 0 Å². The van der Waals surface area contributed by atoms with Crippen molar-refractivity contribution < 1.29 is 40.6 Å². The molecule has 0 radical (unpaired) electrons. The Labute approximate surface area is 170 Å². The third-order valence-corrected chi connectivity index (χ3v) is 3.44. The molecule has 0 spiro atoms. The predicted octanol–water partition coefficient (Wildman–Crippen LogP) is 4.68. The van der Waals surface area contributed by atoms with Crippen LogP contribution in [0.1, 0.15) is 0 Å². The van der Waals surface area contributed by atoms with E-state index in [-0.39, 0.29) is 0 Å². The Morgan fingerprint density at radius 3 is 1.90 bits per heavy atom. The van der Waals surface area contributed by atoms with E-state index < -0.39 is 49.3 Å². The summed E-state index contributed by atoms with van der Waals surface area (Å²) in [6.45, 7) is -3.53. The third kappa shape index (κ3) is 7.81. The topological polar surface area (TPSA) is 76.6 Å². The molecule has 0 aliphatic rings. The average molecular weight is 459 g/mol. The smallest absolute Gasteiger partial charge is 0.422 e. The second kappa shape index (κ2) is 9.24. The van der Waals surface area contributed by atoms with Crippen LogP contribution in [0.4, 0.5) is 42.8 Å². The maximum Gasteiger partial charge on any atom is 0.422 e. The van der Waals surface area contributed by atoms with Crippen molar-refractivity contribution in [2.24, 2.45) is 0 Å². The number of urea groups is 1. The Balaban J connectivity index is 2.20. The summed E-state index contributed by atoms with van der Waals surface area (Å²) in [5.74, 6) is -2.12. The summed E-state index contributed by atoms with van der Waals surface area (Å²) in [6.07, 6.45) is -9.45. The molecule has 0 fully saturated rings. The predicted molar refractivity (Wildman–Crippen MR) is 94.0 cm³/mol. The Morgan fingerprint density at radius 1 is 1.00 bits per heavy atom. The average Bonchev–Trinajstić information content (AvgIpc) is 2.63. The molecule has 0 saturated heterocycles. The Hall–Kier alpha value is -2.96. The van der Waals surface area contributed by atoms with Gasteiger partial charge in [-0.2, -0.15) is 36.3 Å². The summed E-state index contributed by atoms with van der Waals surface area (Å²) in [4.78, 5) is 20.5. The van der Waals surface area contributed by atoms with Gasteiger partial charge in [0.2, 0.25) is 17.7 Å². The van der Waals surface area contributed by atoms with E-state index in [1.807, 2.05) is 0 Å². The standard InChI is InChI=1S/C16H13ClF6N4O3/c1-27(10-4-2-9(17)3-5-10)14(28)26-13-24-11(29-7-15(18,19)20)6-12(25-13)30-8-16(21,22)23/h2-6H,7-8H2,1H3,(H,24,25,26,28). The molecule has 2 rings (SSSR count). The highest BCUT2D eigenvalue weighted by Crippen LogP contribution is 2.24. The molecule has 0 atom stereocenters. The van der Waals surface area contributed by atoms with E-state index >= 15 is 0 Å².